The predicted molar refractivity (Wildman–Crippen MR) is 33.2 cm³/mol. The molecule has 0 saturated carbocycles. The first-order valence-corrected chi connectivity index (χ1v) is 3.06. The first-order chi connectivity index (χ1) is 4.13. The van der Waals surface area contributed by atoms with E-state index in [0.717, 1.165) is 0 Å². The highest BCUT2D eigenvalue weighted by Gasteiger charge is 2.32. The Morgan fingerprint density at radius 2 is 2.11 bits per heavy atom. The molecule has 0 unspecified atom stereocenters. The Hall–Kier alpha value is -0.730. The number of rotatable bonds is 0. The highest BCUT2D eigenvalue weighted by molar-refractivity contribution is 5.70. The number of likely N-dealkylation sites (N-methyl/N-ethyl adjacent to an activating group) is 1. The van der Waals surface area contributed by atoms with Crippen LogP contribution in [-0.4, -0.2) is 30.2 Å². The predicted octanol–water partition coefficient (Wildman–Crippen LogP) is 0.845. The summed E-state index contributed by atoms with van der Waals surface area (Å²) in [5, 5.41) is 0. The summed E-state index contributed by atoms with van der Waals surface area (Å²) in [6.45, 7) is 3.86. The average molecular weight is 129 g/mol. The van der Waals surface area contributed by atoms with Crippen molar-refractivity contribution >= 4 is 6.09 Å². The van der Waals surface area contributed by atoms with E-state index in [-0.39, 0.29) is 18.2 Å². The second-order valence-electron chi connectivity index (χ2n) is 2.44. The maximum absolute atomic E-state index is 10.7. The quantitative estimate of drug-likeness (QED) is 0.485. The highest BCUT2D eigenvalue weighted by Crippen LogP contribution is 2.15. The summed E-state index contributed by atoms with van der Waals surface area (Å²) in [7, 11) is 1.75. The largest absolute Gasteiger partial charge is 0.444 e. The highest BCUT2D eigenvalue weighted by atomic mass is 16.6. The van der Waals surface area contributed by atoms with E-state index < -0.39 is 0 Å². The van der Waals surface area contributed by atoms with E-state index in [9.17, 15) is 4.79 Å². The minimum Gasteiger partial charge on any atom is -0.444 e. The van der Waals surface area contributed by atoms with Crippen LogP contribution in [0.5, 0.6) is 0 Å². The van der Waals surface area contributed by atoms with Crippen molar-refractivity contribution in [2.45, 2.75) is 26.0 Å². The lowest BCUT2D eigenvalue weighted by atomic mass is 10.2. The molecule has 9 heavy (non-hydrogen) atoms. The van der Waals surface area contributed by atoms with E-state index in [1.165, 1.54) is 0 Å². The van der Waals surface area contributed by atoms with Crippen LogP contribution in [-0.2, 0) is 4.74 Å². The number of ether oxygens (including phenoxy) is 1. The van der Waals surface area contributed by atoms with Crippen molar-refractivity contribution in [3.63, 3.8) is 0 Å². The molecule has 3 heteroatoms. The van der Waals surface area contributed by atoms with Crippen LogP contribution < -0.4 is 0 Å². The van der Waals surface area contributed by atoms with Gasteiger partial charge in [-0.1, -0.05) is 0 Å². The molecule has 1 rings (SSSR count). The van der Waals surface area contributed by atoms with Crippen molar-refractivity contribution in [3.8, 4) is 0 Å². The van der Waals surface area contributed by atoms with Crippen molar-refractivity contribution < 1.29 is 9.53 Å². The Morgan fingerprint density at radius 3 is 2.22 bits per heavy atom. The molecule has 1 amide bonds. The van der Waals surface area contributed by atoms with Crippen molar-refractivity contribution in [1.29, 1.82) is 0 Å². The SMILES string of the molecule is C[C@@H]1OC(=O)N(C)[C@H]1C. The van der Waals surface area contributed by atoms with Crippen molar-refractivity contribution in [3.05, 3.63) is 0 Å². The molecule has 0 aliphatic carbocycles. The van der Waals surface area contributed by atoms with E-state index in [0.29, 0.717) is 0 Å². The number of carbonyl (C=O) groups is 1. The lowest BCUT2D eigenvalue weighted by molar-refractivity contribution is 0.139. The molecule has 0 radical (unpaired) electrons. The molecule has 1 saturated heterocycles. The summed E-state index contributed by atoms with van der Waals surface area (Å²) < 4.78 is 4.87. The van der Waals surface area contributed by atoms with Gasteiger partial charge in [0.25, 0.3) is 0 Å². The standard InChI is InChI=1S/C6H11NO2/c1-4-5(2)9-6(8)7(4)3/h4-5H,1-3H3/t4-,5-/m0/s1. The third-order valence-corrected chi connectivity index (χ3v) is 1.86. The van der Waals surface area contributed by atoms with Gasteiger partial charge >= 0.3 is 6.09 Å². The third-order valence-electron chi connectivity index (χ3n) is 1.86. The summed E-state index contributed by atoms with van der Waals surface area (Å²) in [4.78, 5) is 12.3. The van der Waals surface area contributed by atoms with Crippen molar-refractivity contribution in [2.75, 3.05) is 7.05 Å². The van der Waals surface area contributed by atoms with Gasteiger partial charge in [0.15, 0.2) is 0 Å². The third kappa shape index (κ3) is 0.866. The van der Waals surface area contributed by atoms with Crippen molar-refractivity contribution in [2.24, 2.45) is 0 Å². The number of hydrogen-bond acceptors (Lipinski definition) is 2. The fraction of sp³-hybridized carbons (Fsp3) is 0.833. The second kappa shape index (κ2) is 1.90. The zero-order valence-corrected chi connectivity index (χ0v) is 5.92. The van der Waals surface area contributed by atoms with Crippen LogP contribution in [0.4, 0.5) is 4.79 Å². The molecular formula is C6H11NO2. The van der Waals surface area contributed by atoms with Gasteiger partial charge in [-0.05, 0) is 13.8 Å². The number of cyclic esters (lactones) is 1. The van der Waals surface area contributed by atoms with Crippen molar-refractivity contribution in [1.82, 2.24) is 4.90 Å². The first-order valence-electron chi connectivity index (χ1n) is 3.06. The van der Waals surface area contributed by atoms with Gasteiger partial charge in [-0.2, -0.15) is 0 Å². The lowest BCUT2D eigenvalue weighted by Gasteiger charge is -2.11. The van der Waals surface area contributed by atoms with Gasteiger partial charge in [-0.3, -0.25) is 0 Å². The molecule has 1 aliphatic heterocycles. The molecule has 0 aromatic rings. The summed E-state index contributed by atoms with van der Waals surface area (Å²) in [5.41, 5.74) is 0. The maximum Gasteiger partial charge on any atom is 0.410 e. The summed E-state index contributed by atoms with van der Waals surface area (Å²) >= 11 is 0. The number of hydrogen-bond donors (Lipinski definition) is 0. The molecule has 1 heterocycles. The Kier molecular flexibility index (Phi) is 1.35. The monoisotopic (exact) mass is 129 g/mol. The molecule has 0 N–H and O–H groups in total. The van der Waals surface area contributed by atoms with Gasteiger partial charge < -0.3 is 9.64 Å². The van der Waals surface area contributed by atoms with E-state index in [2.05, 4.69) is 0 Å². The minimum atomic E-state index is -0.213. The fourth-order valence-corrected chi connectivity index (χ4v) is 0.822. The molecule has 0 bridgehead atoms. The van der Waals surface area contributed by atoms with Crippen LogP contribution in [0.2, 0.25) is 0 Å². The van der Waals surface area contributed by atoms with Gasteiger partial charge in [-0.15, -0.1) is 0 Å². The van der Waals surface area contributed by atoms with Gasteiger partial charge in [-0.25, -0.2) is 4.79 Å². The van der Waals surface area contributed by atoms with Crippen LogP contribution in [0.25, 0.3) is 0 Å². The van der Waals surface area contributed by atoms with E-state index >= 15 is 0 Å². The van der Waals surface area contributed by atoms with Crippen LogP contribution in [0.15, 0.2) is 0 Å². The van der Waals surface area contributed by atoms with Crippen LogP contribution in [0.1, 0.15) is 13.8 Å². The summed E-state index contributed by atoms with van der Waals surface area (Å²) in [5.74, 6) is 0. The topological polar surface area (TPSA) is 29.5 Å². The average Bonchev–Trinajstić information content (AvgIpc) is 1.98. The van der Waals surface area contributed by atoms with E-state index in [1.54, 1.807) is 11.9 Å². The van der Waals surface area contributed by atoms with E-state index in [1.807, 2.05) is 13.8 Å². The molecule has 3 nitrogen and oxygen atoms in total. The van der Waals surface area contributed by atoms with Crippen LogP contribution in [0, 0.1) is 0 Å². The lowest BCUT2D eigenvalue weighted by Crippen LogP contribution is -2.28. The summed E-state index contributed by atoms with van der Waals surface area (Å²) in [6, 6.07) is 0.220. The molecule has 2 atom stereocenters. The normalized spacial score (nSPS) is 35.0. The molecule has 52 valence electrons. The van der Waals surface area contributed by atoms with Gasteiger partial charge in [0.05, 0.1) is 6.04 Å². The van der Waals surface area contributed by atoms with Gasteiger partial charge in [0.2, 0.25) is 0 Å². The Bertz CT molecular complexity index is 135. The Balaban J connectivity index is 2.65. The first kappa shape index (κ1) is 6.39. The summed E-state index contributed by atoms with van der Waals surface area (Å²) in [6.07, 6.45) is -0.169. The van der Waals surface area contributed by atoms with Gasteiger partial charge in [0, 0.05) is 7.05 Å². The fourth-order valence-electron chi connectivity index (χ4n) is 0.822. The molecule has 1 aliphatic rings. The number of carbonyl (C=O) groups excluding carboxylic acids is 1. The molecule has 0 aromatic carbocycles. The smallest absolute Gasteiger partial charge is 0.410 e. The second-order valence-corrected chi connectivity index (χ2v) is 2.44. The zero-order valence-electron chi connectivity index (χ0n) is 5.92. The molecular weight excluding hydrogens is 118 g/mol. The molecule has 0 spiro atoms. The van der Waals surface area contributed by atoms with Crippen LogP contribution >= 0.6 is 0 Å². The maximum atomic E-state index is 10.7. The Morgan fingerprint density at radius 1 is 1.56 bits per heavy atom. The number of amides is 1. The minimum absolute atomic E-state index is 0.0440. The Labute approximate surface area is 54.6 Å². The number of nitrogens with zero attached hydrogens (tertiary/aromatic N) is 1. The van der Waals surface area contributed by atoms with Gasteiger partial charge in [0.1, 0.15) is 6.10 Å². The van der Waals surface area contributed by atoms with E-state index in [4.69, 9.17) is 4.74 Å². The van der Waals surface area contributed by atoms with Crippen LogP contribution in [0.3, 0.4) is 0 Å². The molecule has 1 fully saturated rings. The molecule has 0 aromatic heterocycles. The zero-order chi connectivity index (χ0) is 7.02.